The molecule has 2 rings (SSSR count). The first-order chi connectivity index (χ1) is 11.8. The number of aryl methyl sites for hydroxylation is 1. The molecule has 7 nitrogen and oxygen atoms in total. The minimum Gasteiger partial charge on any atom is -0.479 e. The van der Waals surface area contributed by atoms with E-state index in [2.05, 4.69) is 11.7 Å². The Kier molecular flexibility index (Phi) is 5.21. The summed E-state index contributed by atoms with van der Waals surface area (Å²) in [6.07, 6.45) is -4.27. The van der Waals surface area contributed by atoms with Crippen molar-refractivity contribution in [3.63, 3.8) is 0 Å². The van der Waals surface area contributed by atoms with Gasteiger partial charge < -0.3 is 5.11 Å². The van der Waals surface area contributed by atoms with E-state index in [1.807, 2.05) is 0 Å². The molecule has 0 amide bonds. The Balaban J connectivity index is 2.37. The summed E-state index contributed by atoms with van der Waals surface area (Å²) < 4.78 is 80.7. The van der Waals surface area contributed by atoms with Crippen LogP contribution < -0.4 is 0 Å². The van der Waals surface area contributed by atoms with Gasteiger partial charge in [-0.05, 0) is 0 Å². The molecular formula is C14H17F4N3O4S. The lowest BCUT2D eigenvalue weighted by atomic mass is 9.95. The van der Waals surface area contributed by atoms with Crippen LogP contribution in [-0.2, 0) is 28.0 Å². The van der Waals surface area contributed by atoms with Gasteiger partial charge in [0.2, 0.25) is 15.7 Å². The molecule has 146 valence electrons. The SMILES string of the molecule is C=CC(c1cn(C)nc1C(F)(F)F)S(=O)(=O)N1CCC(F)(C(=O)O)CC1. The number of hydrogen-bond acceptors (Lipinski definition) is 4. The van der Waals surface area contributed by atoms with Crippen molar-refractivity contribution in [3.8, 4) is 0 Å². The van der Waals surface area contributed by atoms with Crippen LogP contribution >= 0.6 is 0 Å². The average molecular weight is 399 g/mol. The average Bonchev–Trinajstić information content (AvgIpc) is 2.90. The summed E-state index contributed by atoms with van der Waals surface area (Å²) in [6.45, 7) is 2.39. The number of nitrogens with zero attached hydrogens (tertiary/aromatic N) is 3. The molecule has 0 bridgehead atoms. The number of carbonyl (C=O) groups is 1. The van der Waals surface area contributed by atoms with Crippen LogP contribution in [0.2, 0.25) is 0 Å². The quantitative estimate of drug-likeness (QED) is 0.603. The lowest BCUT2D eigenvalue weighted by Crippen LogP contribution is -2.49. The molecule has 0 aliphatic carbocycles. The van der Waals surface area contributed by atoms with Crippen LogP contribution in [0, 0.1) is 0 Å². The number of hydrogen-bond donors (Lipinski definition) is 1. The van der Waals surface area contributed by atoms with Crippen LogP contribution in [-0.4, -0.2) is 52.3 Å². The first kappa shape index (κ1) is 20.4. The lowest BCUT2D eigenvalue weighted by molar-refractivity contribution is -0.153. The maximum atomic E-state index is 14.1. The van der Waals surface area contributed by atoms with E-state index in [-0.39, 0.29) is 0 Å². The Morgan fingerprint density at radius 2 is 1.96 bits per heavy atom. The molecule has 1 saturated heterocycles. The van der Waals surface area contributed by atoms with Gasteiger partial charge in [-0.25, -0.2) is 21.9 Å². The molecule has 1 fully saturated rings. The molecule has 0 radical (unpaired) electrons. The fraction of sp³-hybridized carbons (Fsp3) is 0.571. The Hall–Kier alpha value is -1.95. The third kappa shape index (κ3) is 3.61. The number of aromatic nitrogens is 2. The number of rotatable bonds is 5. The van der Waals surface area contributed by atoms with Crippen molar-refractivity contribution in [1.82, 2.24) is 14.1 Å². The van der Waals surface area contributed by atoms with E-state index < -0.39 is 70.3 Å². The topological polar surface area (TPSA) is 92.5 Å². The molecule has 1 unspecified atom stereocenters. The molecular weight excluding hydrogens is 382 g/mol. The summed E-state index contributed by atoms with van der Waals surface area (Å²) in [5.41, 5.74) is -4.50. The molecule has 1 aromatic heterocycles. The Morgan fingerprint density at radius 1 is 1.42 bits per heavy atom. The molecule has 1 atom stereocenters. The fourth-order valence-corrected chi connectivity index (χ4v) is 4.56. The van der Waals surface area contributed by atoms with E-state index in [0.29, 0.717) is 0 Å². The second kappa shape index (κ2) is 6.65. The van der Waals surface area contributed by atoms with Gasteiger partial charge in [-0.15, -0.1) is 6.58 Å². The standard InChI is InChI=1S/C14H17F4N3O4S/c1-3-10(9-8-20(2)19-11(9)14(16,17)18)26(24,25)21-6-4-13(15,5-7-21)12(22)23/h3,8,10H,1,4-7H2,2H3,(H,22,23). The first-order valence-electron chi connectivity index (χ1n) is 7.47. The van der Waals surface area contributed by atoms with Gasteiger partial charge in [0.25, 0.3) is 0 Å². The highest BCUT2D eigenvalue weighted by molar-refractivity contribution is 7.89. The summed E-state index contributed by atoms with van der Waals surface area (Å²) in [5, 5.41) is 10.4. The van der Waals surface area contributed by atoms with E-state index in [9.17, 15) is 30.8 Å². The molecule has 0 spiro atoms. The number of carboxylic acid groups (broad SMARTS) is 1. The Bertz CT molecular complexity index is 811. The highest BCUT2D eigenvalue weighted by Gasteiger charge is 2.47. The maximum Gasteiger partial charge on any atom is 0.435 e. The molecule has 1 aliphatic heterocycles. The van der Waals surface area contributed by atoms with Crippen molar-refractivity contribution in [2.24, 2.45) is 7.05 Å². The van der Waals surface area contributed by atoms with Crippen molar-refractivity contribution in [2.45, 2.75) is 29.9 Å². The molecule has 1 aromatic rings. The number of aliphatic carboxylic acids is 1. The summed E-state index contributed by atoms with van der Waals surface area (Å²) in [5.74, 6) is -1.69. The molecule has 1 aliphatic rings. The van der Waals surface area contributed by atoms with E-state index in [4.69, 9.17) is 5.11 Å². The molecule has 0 saturated carbocycles. The largest absolute Gasteiger partial charge is 0.479 e. The molecule has 12 heteroatoms. The minimum atomic E-state index is -4.87. The van der Waals surface area contributed by atoms with Crippen LogP contribution in [0.25, 0.3) is 0 Å². The normalized spacial score (nSPS) is 19.9. The summed E-state index contributed by atoms with van der Waals surface area (Å²) in [4.78, 5) is 10.9. The van der Waals surface area contributed by atoms with Gasteiger partial charge in [-0.3, -0.25) is 4.68 Å². The van der Waals surface area contributed by atoms with Crippen molar-refractivity contribution in [3.05, 3.63) is 30.1 Å². The lowest BCUT2D eigenvalue weighted by Gasteiger charge is -2.34. The smallest absolute Gasteiger partial charge is 0.435 e. The third-order valence-corrected chi connectivity index (χ3v) is 6.40. The van der Waals surface area contributed by atoms with Crippen LogP contribution in [0.4, 0.5) is 17.6 Å². The van der Waals surface area contributed by atoms with Crippen molar-refractivity contribution in [1.29, 1.82) is 0 Å². The molecule has 1 N–H and O–H groups in total. The highest BCUT2D eigenvalue weighted by Crippen LogP contribution is 2.39. The van der Waals surface area contributed by atoms with E-state index >= 15 is 0 Å². The monoisotopic (exact) mass is 399 g/mol. The van der Waals surface area contributed by atoms with Gasteiger partial charge >= 0.3 is 12.1 Å². The predicted octanol–water partition coefficient (Wildman–Crippen LogP) is 1.88. The maximum absolute atomic E-state index is 14.1. The molecule has 26 heavy (non-hydrogen) atoms. The van der Waals surface area contributed by atoms with Crippen LogP contribution in [0.5, 0.6) is 0 Å². The fourth-order valence-electron chi connectivity index (χ4n) is 2.81. The number of sulfonamides is 1. The van der Waals surface area contributed by atoms with Gasteiger partial charge in [-0.2, -0.15) is 18.3 Å². The van der Waals surface area contributed by atoms with E-state index in [0.717, 1.165) is 21.3 Å². The summed E-state index contributed by atoms with van der Waals surface area (Å²) >= 11 is 0. The van der Waals surface area contributed by atoms with E-state index in [1.165, 1.54) is 7.05 Å². The number of alkyl halides is 4. The van der Waals surface area contributed by atoms with Crippen molar-refractivity contribution < 1.29 is 35.9 Å². The molecule has 2 heterocycles. The van der Waals surface area contributed by atoms with Crippen LogP contribution in [0.3, 0.4) is 0 Å². The van der Waals surface area contributed by atoms with Gasteiger partial charge in [-0.1, -0.05) is 6.08 Å². The van der Waals surface area contributed by atoms with Gasteiger partial charge in [0.1, 0.15) is 5.25 Å². The number of piperidine rings is 1. The zero-order chi connectivity index (χ0) is 19.9. The second-order valence-electron chi connectivity index (χ2n) is 5.98. The minimum absolute atomic E-state index is 0.461. The van der Waals surface area contributed by atoms with Crippen LogP contribution in [0.15, 0.2) is 18.9 Å². The highest BCUT2D eigenvalue weighted by atomic mass is 32.2. The third-order valence-electron chi connectivity index (χ3n) is 4.23. The van der Waals surface area contributed by atoms with E-state index in [1.54, 1.807) is 0 Å². The summed E-state index contributed by atoms with van der Waals surface area (Å²) in [7, 11) is -3.15. The first-order valence-corrected chi connectivity index (χ1v) is 8.98. The van der Waals surface area contributed by atoms with Crippen molar-refractivity contribution in [2.75, 3.05) is 13.1 Å². The second-order valence-corrected chi connectivity index (χ2v) is 8.03. The zero-order valence-electron chi connectivity index (χ0n) is 13.7. The van der Waals surface area contributed by atoms with Gasteiger partial charge in [0.05, 0.1) is 0 Å². The number of carboxylic acids is 1. The number of halogens is 4. The molecule has 0 aromatic carbocycles. The van der Waals surface area contributed by atoms with Crippen molar-refractivity contribution >= 4 is 16.0 Å². The summed E-state index contributed by atoms with van der Waals surface area (Å²) in [6, 6.07) is 0. The Morgan fingerprint density at radius 3 is 2.38 bits per heavy atom. The van der Waals surface area contributed by atoms with Crippen LogP contribution in [0.1, 0.15) is 29.3 Å². The van der Waals surface area contributed by atoms with Gasteiger partial charge in [0, 0.05) is 44.7 Å². The Labute approximate surface area is 146 Å². The predicted molar refractivity (Wildman–Crippen MR) is 82.3 cm³/mol. The van der Waals surface area contributed by atoms with Gasteiger partial charge in [0.15, 0.2) is 5.69 Å². The zero-order valence-corrected chi connectivity index (χ0v) is 14.5.